The third-order valence-corrected chi connectivity index (χ3v) is 4.19. The lowest BCUT2D eigenvalue weighted by Gasteiger charge is -2.27. The SMILES string of the molecule is O=C(CNC1(CO)CCCC1)Nc1ccc(Br)cc1F. The lowest BCUT2D eigenvalue weighted by atomic mass is 9.99. The smallest absolute Gasteiger partial charge is 0.238 e. The quantitative estimate of drug-likeness (QED) is 0.768. The standard InChI is InChI=1S/C14H18BrFN2O2/c15-10-3-4-12(11(16)7-10)18-13(20)8-17-14(9-19)5-1-2-6-14/h3-4,7,17,19H,1-2,5-6,8-9H2,(H,18,20). The molecule has 0 aromatic heterocycles. The Hall–Kier alpha value is -0.980. The van der Waals surface area contributed by atoms with E-state index < -0.39 is 5.82 Å². The highest BCUT2D eigenvalue weighted by molar-refractivity contribution is 9.10. The molecule has 0 unspecified atom stereocenters. The summed E-state index contributed by atoms with van der Waals surface area (Å²) in [4.78, 5) is 11.8. The number of halogens is 2. The van der Waals surface area contributed by atoms with Crippen LogP contribution in [-0.2, 0) is 4.79 Å². The average molecular weight is 345 g/mol. The van der Waals surface area contributed by atoms with Crippen LogP contribution in [0, 0.1) is 5.82 Å². The van der Waals surface area contributed by atoms with Crippen LogP contribution in [-0.4, -0.2) is 29.7 Å². The Kier molecular flexibility index (Phi) is 5.12. The molecule has 1 aliphatic carbocycles. The van der Waals surface area contributed by atoms with Crippen LogP contribution in [0.4, 0.5) is 10.1 Å². The second-order valence-corrected chi connectivity index (χ2v) is 6.09. The fourth-order valence-electron chi connectivity index (χ4n) is 2.50. The summed E-state index contributed by atoms with van der Waals surface area (Å²) in [5.74, 6) is -0.795. The van der Waals surface area contributed by atoms with Crippen LogP contribution in [0.15, 0.2) is 22.7 Å². The molecule has 1 amide bonds. The fraction of sp³-hybridized carbons (Fsp3) is 0.500. The lowest BCUT2D eigenvalue weighted by molar-refractivity contribution is -0.115. The van der Waals surface area contributed by atoms with Gasteiger partial charge in [-0.15, -0.1) is 0 Å². The zero-order valence-corrected chi connectivity index (χ0v) is 12.7. The van der Waals surface area contributed by atoms with E-state index in [1.165, 1.54) is 12.1 Å². The molecule has 110 valence electrons. The van der Waals surface area contributed by atoms with Crippen LogP contribution in [0.5, 0.6) is 0 Å². The van der Waals surface area contributed by atoms with Crippen molar-refractivity contribution >= 4 is 27.5 Å². The highest BCUT2D eigenvalue weighted by atomic mass is 79.9. The normalized spacial score (nSPS) is 17.1. The second kappa shape index (κ2) is 6.65. The predicted molar refractivity (Wildman–Crippen MR) is 79.0 cm³/mol. The van der Waals surface area contributed by atoms with E-state index in [9.17, 15) is 14.3 Å². The molecule has 3 N–H and O–H groups in total. The second-order valence-electron chi connectivity index (χ2n) is 5.17. The summed E-state index contributed by atoms with van der Waals surface area (Å²) in [7, 11) is 0. The molecule has 0 bridgehead atoms. The number of aliphatic hydroxyl groups is 1. The number of anilines is 1. The third-order valence-electron chi connectivity index (χ3n) is 3.69. The molecule has 1 fully saturated rings. The van der Waals surface area contributed by atoms with E-state index in [0.29, 0.717) is 4.47 Å². The first-order valence-corrected chi connectivity index (χ1v) is 7.45. The maximum absolute atomic E-state index is 13.6. The minimum Gasteiger partial charge on any atom is -0.394 e. The van der Waals surface area contributed by atoms with Gasteiger partial charge >= 0.3 is 0 Å². The molecule has 1 aromatic carbocycles. The van der Waals surface area contributed by atoms with Crippen molar-refractivity contribution < 1.29 is 14.3 Å². The van der Waals surface area contributed by atoms with Gasteiger partial charge < -0.3 is 15.7 Å². The first-order valence-electron chi connectivity index (χ1n) is 6.65. The largest absolute Gasteiger partial charge is 0.394 e. The highest BCUT2D eigenvalue weighted by Gasteiger charge is 2.32. The molecule has 1 aromatic rings. The van der Waals surface area contributed by atoms with Gasteiger partial charge in [-0.2, -0.15) is 0 Å². The molecule has 0 atom stereocenters. The molecule has 0 aliphatic heterocycles. The van der Waals surface area contributed by atoms with Gasteiger partial charge in [-0.05, 0) is 31.0 Å². The van der Waals surface area contributed by atoms with E-state index in [1.54, 1.807) is 6.07 Å². The molecule has 1 saturated carbocycles. The predicted octanol–water partition coefficient (Wildman–Crippen LogP) is 2.42. The molecule has 1 aliphatic rings. The van der Waals surface area contributed by atoms with Crippen molar-refractivity contribution in [3.8, 4) is 0 Å². The molecule has 0 spiro atoms. The number of amides is 1. The molecule has 6 heteroatoms. The van der Waals surface area contributed by atoms with Crippen LogP contribution >= 0.6 is 15.9 Å². The number of carbonyl (C=O) groups is 1. The van der Waals surface area contributed by atoms with Crippen molar-refractivity contribution in [1.82, 2.24) is 5.32 Å². The van der Waals surface area contributed by atoms with E-state index in [-0.39, 0.29) is 30.3 Å². The van der Waals surface area contributed by atoms with Gasteiger partial charge in [-0.25, -0.2) is 4.39 Å². The van der Waals surface area contributed by atoms with Crippen molar-refractivity contribution in [2.24, 2.45) is 0 Å². The first-order chi connectivity index (χ1) is 9.54. The summed E-state index contributed by atoms with van der Waals surface area (Å²) >= 11 is 3.16. The zero-order valence-electron chi connectivity index (χ0n) is 11.1. The summed E-state index contributed by atoms with van der Waals surface area (Å²) in [6.07, 6.45) is 3.83. The molecule has 20 heavy (non-hydrogen) atoms. The van der Waals surface area contributed by atoms with Gasteiger partial charge in [0, 0.05) is 10.0 Å². The maximum atomic E-state index is 13.6. The van der Waals surface area contributed by atoms with Gasteiger partial charge in [0.25, 0.3) is 0 Å². The van der Waals surface area contributed by atoms with Crippen LogP contribution < -0.4 is 10.6 Å². The van der Waals surface area contributed by atoms with Gasteiger partial charge in [0.1, 0.15) is 5.82 Å². The van der Waals surface area contributed by atoms with E-state index in [0.717, 1.165) is 25.7 Å². The molecule has 4 nitrogen and oxygen atoms in total. The van der Waals surface area contributed by atoms with Crippen LogP contribution in [0.2, 0.25) is 0 Å². The van der Waals surface area contributed by atoms with Crippen molar-refractivity contribution in [3.63, 3.8) is 0 Å². The molecule has 0 radical (unpaired) electrons. The van der Waals surface area contributed by atoms with Gasteiger partial charge in [0.05, 0.1) is 18.8 Å². The van der Waals surface area contributed by atoms with Crippen molar-refractivity contribution in [1.29, 1.82) is 0 Å². The third kappa shape index (κ3) is 3.77. The van der Waals surface area contributed by atoms with Gasteiger partial charge in [-0.3, -0.25) is 4.79 Å². The lowest BCUT2D eigenvalue weighted by Crippen LogP contribution is -2.49. The van der Waals surface area contributed by atoms with Gasteiger partial charge in [0.2, 0.25) is 5.91 Å². The minimum absolute atomic E-state index is 0.0208. The summed E-state index contributed by atoms with van der Waals surface area (Å²) in [5.41, 5.74) is -0.195. The number of nitrogens with one attached hydrogen (secondary N) is 2. The molecule has 2 rings (SSSR count). The molecule has 0 saturated heterocycles. The number of hydrogen-bond donors (Lipinski definition) is 3. The summed E-state index contributed by atoms with van der Waals surface area (Å²) in [6.45, 7) is 0.0863. The zero-order chi connectivity index (χ0) is 14.6. The van der Waals surface area contributed by atoms with Crippen LogP contribution in [0.1, 0.15) is 25.7 Å². The summed E-state index contributed by atoms with van der Waals surface area (Å²) < 4.78 is 14.2. The van der Waals surface area contributed by atoms with Crippen LogP contribution in [0.25, 0.3) is 0 Å². The first kappa shape index (κ1) is 15.4. The Balaban J connectivity index is 1.89. The van der Waals surface area contributed by atoms with Crippen molar-refractivity contribution in [2.75, 3.05) is 18.5 Å². The minimum atomic E-state index is -0.481. The van der Waals surface area contributed by atoms with Gasteiger partial charge in [0.15, 0.2) is 0 Å². The maximum Gasteiger partial charge on any atom is 0.238 e. The number of carbonyl (C=O) groups excluding carboxylic acids is 1. The highest BCUT2D eigenvalue weighted by Crippen LogP contribution is 2.28. The Bertz CT molecular complexity index is 490. The van der Waals surface area contributed by atoms with Gasteiger partial charge in [-0.1, -0.05) is 28.8 Å². The Labute approximate surface area is 125 Å². The number of benzene rings is 1. The Morgan fingerprint density at radius 2 is 2.10 bits per heavy atom. The van der Waals surface area contributed by atoms with Crippen molar-refractivity contribution in [3.05, 3.63) is 28.5 Å². The van der Waals surface area contributed by atoms with E-state index in [2.05, 4.69) is 26.6 Å². The molecular formula is C14H18BrFN2O2. The summed E-state index contributed by atoms with van der Waals surface area (Å²) in [5, 5.41) is 15.1. The van der Waals surface area contributed by atoms with Crippen molar-refractivity contribution in [2.45, 2.75) is 31.2 Å². The fourth-order valence-corrected chi connectivity index (χ4v) is 2.83. The number of hydrogen-bond acceptors (Lipinski definition) is 3. The van der Waals surface area contributed by atoms with Crippen LogP contribution in [0.3, 0.4) is 0 Å². The monoisotopic (exact) mass is 344 g/mol. The number of aliphatic hydroxyl groups excluding tert-OH is 1. The Morgan fingerprint density at radius 3 is 2.70 bits per heavy atom. The van der Waals surface area contributed by atoms with E-state index >= 15 is 0 Å². The topological polar surface area (TPSA) is 61.4 Å². The Morgan fingerprint density at radius 1 is 1.40 bits per heavy atom. The van der Waals surface area contributed by atoms with E-state index in [4.69, 9.17) is 0 Å². The number of rotatable bonds is 5. The van der Waals surface area contributed by atoms with E-state index in [1.807, 2.05) is 0 Å². The molecular weight excluding hydrogens is 327 g/mol. The average Bonchev–Trinajstić information content (AvgIpc) is 2.89. The summed E-state index contributed by atoms with van der Waals surface area (Å²) in [6, 6.07) is 4.47. The molecule has 0 heterocycles.